The summed E-state index contributed by atoms with van der Waals surface area (Å²) in [6.07, 6.45) is 7.22. The Morgan fingerprint density at radius 3 is 2.69 bits per heavy atom. The highest BCUT2D eigenvalue weighted by Crippen LogP contribution is 1.99. The molecule has 1 aromatic rings. The third-order valence-electron chi connectivity index (χ3n) is 2.30. The summed E-state index contributed by atoms with van der Waals surface area (Å²) in [5, 5.41) is 2.90. The van der Waals surface area contributed by atoms with E-state index in [0.717, 1.165) is 18.5 Å². The van der Waals surface area contributed by atoms with E-state index < -0.39 is 0 Å². The molecule has 0 aliphatic rings. The zero-order valence-electron chi connectivity index (χ0n) is 9.94. The van der Waals surface area contributed by atoms with Crippen molar-refractivity contribution in [2.45, 2.75) is 33.1 Å². The van der Waals surface area contributed by atoms with Gasteiger partial charge in [0.25, 0.3) is 0 Å². The van der Waals surface area contributed by atoms with Crippen LogP contribution in [0.3, 0.4) is 0 Å². The number of aromatic nitrogens is 2. The third kappa shape index (κ3) is 5.44. The van der Waals surface area contributed by atoms with Gasteiger partial charge in [-0.3, -0.25) is 4.79 Å². The van der Waals surface area contributed by atoms with E-state index in [0.29, 0.717) is 18.8 Å². The van der Waals surface area contributed by atoms with E-state index in [1.54, 1.807) is 12.4 Å². The average Bonchev–Trinajstić information content (AvgIpc) is 2.27. The maximum atomic E-state index is 11.4. The van der Waals surface area contributed by atoms with Crippen LogP contribution in [0.1, 0.15) is 32.3 Å². The van der Waals surface area contributed by atoms with Crippen molar-refractivity contribution in [1.29, 1.82) is 0 Å². The summed E-state index contributed by atoms with van der Waals surface area (Å²) in [5.74, 6) is 0.729. The van der Waals surface area contributed by atoms with E-state index in [1.807, 2.05) is 0 Å². The molecule has 0 spiro atoms. The minimum atomic E-state index is 0.101. The largest absolute Gasteiger partial charge is 0.356 e. The number of nitrogens with one attached hydrogen (secondary N) is 1. The number of carbonyl (C=O) groups is 1. The molecule has 0 fully saturated rings. The summed E-state index contributed by atoms with van der Waals surface area (Å²) < 4.78 is 0. The molecule has 16 heavy (non-hydrogen) atoms. The van der Waals surface area contributed by atoms with Crippen molar-refractivity contribution in [3.63, 3.8) is 0 Å². The zero-order valence-corrected chi connectivity index (χ0v) is 9.94. The minimum absolute atomic E-state index is 0.101. The van der Waals surface area contributed by atoms with Crippen LogP contribution < -0.4 is 5.32 Å². The summed E-state index contributed by atoms with van der Waals surface area (Å²) >= 11 is 0. The molecule has 0 aromatic carbocycles. The van der Waals surface area contributed by atoms with Crippen LogP contribution in [0.15, 0.2) is 18.7 Å². The van der Waals surface area contributed by atoms with Gasteiger partial charge in [-0.1, -0.05) is 13.8 Å². The van der Waals surface area contributed by atoms with Crippen LogP contribution in [-0.2, 0) is 11.2 Å². The fraction of sp³-hybridized carbons (Fsp3) is 0.583. The molecule has 0 saturated heterocycles. The summed E-state index contributed by atoms with van der Waals surface area (Å²) in [6, 6.07) is 0. The predicted octanol–water partition coefficient (Wildman–Crippen LogP) is 1.57. The normalized spacial score (nSPS) is 10.4. The van der Waals surface area contributed by atoms with Crippen LogP contribution >= 0.6 is 0 Å². The number of amides is 1. The van der Waals surface area contributed by atoms with Crippen molar-refractivity contribution in [3.05, 3.63) is 24.3 Å². The maximum Gasteiger partial charge on any atom is 0.220 e. The Bertz CT molecular complexity index is 311. The van der Waals surface area contributed by atoms with Gasteiger partial charge < -0.3 is 5.32 Å². The highest BCUT2D eigenvalue weighted by molar-refractivity contribution is 5.76. The van der Waals surface area contributed by atoms with Gasteiger partial charge in [-0.05, 0) is 24.3 Å². The van der Waals surface area contributed by atoms with Crippen molar-refractivity contribution in [3.8, 4) is 0 Å². The van der Waals surface area contributed by atoms with Crippen LogP contribution in [0.2, 0.25) is 0 Å². The molecule has 0 aliphatic heterocycles. The Kier molecular flexibility index (Phi) is 5.46. The molecule has 0 unspecified atom stereocenters. The Balaban J connectivity index is 2.16. The maximum absolute atomic E-state index is 11.4. The topological polar surface area (TPSA) is 54.9 Å². The van der Waals surface area contributed by atoms with Gasteiger partial charge in [-0.25, -0.2) is 9.97 Å². The molecule has 1 amide bonds. The number of carbonyl (C=O) groups excluding carboxylic acids is 1. The van der Waals surface area contributed by atoms with Gasteiger partial charge in [0.1, 0.15) is 6.33 Å². The molecule has 4 nitrogen and oxygen atoms in total. The average molecular weight is 221 g/mol. The lowest BCUT2D eigenvalue weighted by atomic mass is 10.1. The number of hydrogen-bond acceptors (Lipinski definition) is 3. The second kappa shape index (κ2) is 6.93. The van der Waals surface area contributed by atoms with Crippen LogP contribution in [0, 0.1) is 5.92 Å². The highest BCUT2D eigenvalue weighted by atomic mass is 16.1. The number of rotatable bonds is 6. The van der Waals surface area contributed by atoms with E-state index in [-0.39, 0.29) is 5.91 Å². The van der Waals surface area contributed by atoms with Crippen molar-refractivity contribution in [2.24, 2.45) is 5.92 Å². The second-order valence-electron chi connectivity index (χ2n) is 4.28. The van der Waals surface area contributed by atoms with Crippen molar-refractivity contribution >= 4 is 5.91 Å². The first-order valence-corrected chi connectivity index (χ1v) is 5.69. The Hall–Kier alpha value is -1.45. The molecule has 4 heteroatoms. The van der Waals surface area contributed by atoms with Gasteiger partial charge in [0, 0.05) is 25.4 Å². The minimum Gasteiger partial charge on any atom is -0.356 e. The van der Waals surface area contributed by atoms with E-state index in [1.165, 1.54) is 6.33 Å². The molecule has 1 heterocycles. The van der Waals surface area contributed by atoms with Crippen LogP contribution in [-0.4, -0.2) is 22.4 Å². The summed E-state index contributed by atoms with van der Waals surface area (Å²) in [6.45, 7) is 5.06. The molecule has 0 atom stereocenters. The SMILES string of the molecule is CC(C)CCNC(=O)CCc1cncnc1. The molecular formula is C12H19N3O. The molecule has 0 saturated carbocycles. The fourth-order valence-corrected chi connectivity index (χ4v) is 1.31. The lowest BCUT2D eigenvalue weighted by Gasteiger charge is -2.06. The predicted molar refractivity (Wildman–Crippen MR) is 62.8 cm³/mol. The van der Waals surface area contributed by atoms with E-state index in [2.05, 4.69) is 29.1 Å². The summed E-state index contributed by atoms with van der Waals surface area (Å²) in [4.78, 5) is 19.3. The van der Waals surface area contributed by atoms with Crippen molar-refractivity contribution in [2.75, 3.05) is 6.54 Å². The molecular weight excluding hydrogens is 202 g/mol. The number of hydrogen-bond donors (Lipinski definition) is 1. The Morgan fingerprint density at radius 1 is 1.38 bits per heavy atom. The quantitative estimate of drug-likeness (QED) is 0.793. The van der Waals surface area contributed by atoms with Gasteiger partial charge in [0.2, 0.25) is 5.91 Å². The zero-order chi connectivity index (χ0) is 11.8. The van der Waals surface area contributed by atoms with Crippen molar-refractivity contribution < 1.29 is 4.79 Å². The summed E-state index contributed by atoms with van der Waals surface area (Å²) in [5.41, 5.74) is 1.00. The molecule has 1 aromatic heterocycles. The molecule has 0 radical (unpaired) electrons. The van der Waals surface area contributed by atoms with E-state index >= 15 is 0 Å². The Morgan fingerprint density at radius 2 is 2.06 bits per heavy atom. The standard InChI is InChI=1S/C12H19N3O/c1-10(2)5-6-15-12(16)4-3-11-7-13-9-14-8-11/h7-10H,3-6H2,1-2H3,(H,15,16). The van der Waals surface area contributed by atoms with Gasteiger partial charge in [0.05, 0.1) is 0 Å². The molecule has 0 bridgehead atoms. The number of nitrogens with zero attached hydrogens (tertiary/aromatic N) is 2. The molecule has 88 valence electrons. The first kappa shape index (κ1) is 12.6. The van der Waals surface area contributed by atoms with Crippen LogP contribution in [0.25, 0.3) is 0 Å². The van der Waals surface area contributed by atoms with Gasteiger partial charge in [0.15, 0.2) is 0 Å². The molecule has 0 aliphatic carbocycles. The van der Waals surface area contributed by atoms with E-state index in [4.69, 9.17) is 0 Å². The first-order chi connectivity index (χ1) is 7.68. The van der Waals surface area contributed by atoms with E-state index in [9.17, 15) is 4.79 Å². The number of aryl methyl sites for hydroxylation is 1. The molecule has 1 rings (SSSR count). The van der Waals surface area contributed by atoms with Gasteiger partial charge in [-0.2, -0.15) is 0 Å². The third-order valence-corrected chi connectivity index (χ3v) is 2.30. The van der Waals surface area contributed by atoms with Crippen LogP contribution in [0.4, 0.5) is 0 Å². The Labute approximate surface area is 96.5 Å². The van der Waals surface area contributed by atoms with Crippen LogP contribution in [0.5, 0.6) is 0 Å². The smallest absolute Gasteiger partial charge is 0.220 e. The van der Waals surface area contributed by atoms with Crippen molar-refractivity contribution in [1.82, 2.24) is 15.3 Å². The monoisotopic (exact) mass is 221 g/mol. The molecule has 1 N–H and O–H groups in total. The van der Waals surface area contributed by atoms with Gasteiger partial charge in [-0.15, -0.1) is 0 Å². The second-order valence-corrected chi connectivity index (χ2v) is 4.28. The van der Waals surface area contributed by atoms with Gasteiger partial charge >= 0.3 is 0 Å². The summed E-state index contributed by atoms with van der Waals surface area (Å²) in [7, 11) is 0. The lowest BCUT2D eigenvalue weighted by Crippen LogP contribution is -2.25. The highest BCUT2D eigenvalue weighted by Gasteiger charge is 2.02. The lowest BCUT2D eigenvalue weighted by molar-refractivity contribution is -0.121. The first-order valence-electron chi connectivity index (χ1n) is 5.69. The fourth-order valence-electron chi connectivity index (χ4n) is 1.31.